The van der Waals surface area contributed by atoms with Crippen molar-refractivity contribution in [3.05, 3.63) is 12.5 Å². The molecule has 0 unspecified atom stereocenters. The predicted molar refractivity (Wildman–Crippen MR) is 70.8 cm³/mol. The fourth-order valence-electron chi connectivity index (χ4n) is 1.42. The third-order valence-corrected chi connectivity index (χ3v) is 4.26. The van der Waals surface area contributed by atoms with Gasteiger partial charge in [0.15, 0.2) is 5.03 Å². The fourth-order valence-corrected chi connectivity index (χ4v) is 2.39. The smallest absolute Gasteiger partial charge is 0.257 e. The van der Waals surface area contributed by atoms with E-state index in [0.29, 0.717) is 12.6 Å². The highest BCUT2D eigenvalue weighted by Gasteiger charge is 2.14. The molecule has 0 aliphatic carbocycles. The second-order valence-corrected chi connectivity index (χ2v) is 6.33. The Kier molecular flexibility index (Phi) is 5.77. The van der Waals surface area contributed by atoms with Crippen LogP contribution in [-0.4, -0.2) is 49.5 Å². The topological polar surface area (TPSA) is 78.1 Å². The van der Waals surface area contributed by atoms with E-state index in [0.717, 1.165) is 19.4 Å². The van der Waals surface area contributed by atoms with Crippen LogP contribution in [0.25, 0.3) is 0 Å². The third-order valence-electron chi connectivity index (χ3n) is 2.87. The molecule has 1 rings (SSSR count). The standard InChI is InChI=1S/C11H22N4O2S/c1-10(2)15(3)7-5-4-6-14-18(16,17)11-8-12-9-13-11/h8-10,14H,4-7H2,1-3H3,(H,12,13). The number of aromatic amines is 1. The highest BCUT2D eigenvalue weighted by molar-refractivity contribution is 7.89. The summed E-state index contributed by atoms with van der Waals surface area (Å²) in [4.78, 5) is 8.52. The molecular formula is C11H22N4O2S. The lowest BCUT2D eigenvalue weighted by Gasteiger charge is -2.20. The minimum absolute atomic E-state index is 0.113. The molecule has 18 heavy (non-hydrogen) atoms. The van der Waals surface area contributed by atoms with Crippen LogP contribution >= 0.6 is 0 Å². The van der Waals surface area contributed by atoms with Crippen molar-refractivity contribution in [3.63, 3.8) is 0 Å². The highest BCUT2D eigenvalue weighted by Crippen LogP contribution is 2.02. The first-order valence-corrected chi connectivity index (χ1v) is 7.60. The van der Waals surface area contributed by atoms with Crippen molar-refractivity contribution in [2.75, 3.05) is 20.1 Å². The first-order chi connectivity index (χ1) is 8.43. The van der Waals surface area contributed by atoms with Gasteiger partial charge in [-0.05, 0) is 40.3 Å². The van der Waals surface area contributed by atoms with Gasteiger partial charge in [-0.1, -0.05) is 0 Å². The van der Waals surface area contributed by atoms with E-state index in [1.54, 1.807) is 0 Å². The molecule has 0 radical (unpaired) electrons. The number of hydrogen-bond acceptors (Lipinski definition) is 4. The van der Waals surface area contributed by atoms with Crippen molar-refractivity contribution in [1.82, 2.24) is 19.6 Å². The molecule has 0 saturated heterocycles. The first-order valence-electron chi connectivity index (χ1n) is 6.12. The van der Waals surface area contributed by atoms with Crippen molar-refractivity contribution >= 4 is 10.0 Å². The molecule has 2 N–H and O–H groups in total. The molecule has 0 fully saturated rings. The second kappa shape index (κ2) is 6.86. The van der Waals surface area contributed by atoms with Crippen LogP contribution in [0.1, 0.15) is 26.7 Å². The van der Waals surface area contributed by atoms with E-state index < -0.39 is 10.0 Å². The van der Waals surface area contributed by atoms with Crippen molar-refractivity contribution in [1.29, 1.82) is 0 Å². The molecule has 0 bridgehead atoms. The number of sulfonamides is 1. The number of imidazole rings is 1. The van der Waals surface area contributed by atoms with Crippen LogP contribution in [0.5, 0.6) is 0 Å². The summed E-state index contributed by atoms with van der Waals surface area (Å²) in [5, 5.41) is 0.113. The monoisotopic (exact) mass is 274 g/mol. The molecule has 1 heterocycles. The van der Waals surface area contributed by atoms with Gasteiger partial charge in [-0.15, -0.1) is 0 Å². The van der Waals surface area contributed by atoms with E-state index in [-0.39, 0.29) is 5.03 Å². The molecule has 0 atom stereocenters. The maximum Gasteiger partial charge on any atom is 0.257 e. The second-order valence-electron chi connectivity index (χ2n) is 4.60. The molecule has 0 spiro atoms. The first kappa shape index (κ1) is 15.1. The Morgan fingerprint density at radius 3 is 2.72 bits per heavy atom. The van der Waals surface area contributed by atoms with Gasteiger partial charge >= 0.3 is 0 Å². The van der Waals surface area contributed by atoms with E-state index in [1.807, 2.05) is 0 Å². The Labute approximate surface area is 109 Å². The van der Waals surface area contributed by atoms with Gasteiger partial charge in [-0.2, -0.15) is 0 Å². The Morgan fingerprint density at radius 2 is 2.17 bits per heavy atom. The molecule has 1 aromatic heterocycles. The van der Waals surface area contributed by atoms with Crippen LogP contribution in [-0.2, 0) is 10.0 Å². The summed E-state index contributed by atoms with van der Waals surface area (Å²) in [6.07, 6.45) is 4.45. The van der Waals surface area contributed by atoms with Gasteiger partial charge in [-0.25, -0.2) is 18.1 Å². The van der Waals surface area contributed by atoms with E-state index in [2.05, 4.69) is 40.5 Å². The number of rotatable bonds is 8. The number of hydrogen-bond donors (Lipinski definition) is 2. The number of aromatic nitrogens is 2. The van der Waals surface area contributed by atoms with Gasteiger partial charge in [0.2, 0.25) is 0 Å². The van der Waals surface area contributed by atoms with E-state index >= 15 is 0 Å². The zero-order valence-electron chi connectivity index (χ0n) is 11.2. The highest BCUT2D eigenvalue weighted by atomic mass is 32.2. The number of nitrogens with one attached hydrogen (secondary N) is 2. The maximum absolute atomic E-state index is 11.7. The van der Waals surface area contributed by atoms with Gasteiger partial charge in [0.05, 0.1) is 12.5 Å². The average molecular weight is 274 g/mol. The van der Waals surface area contributed by atoms with Crippen molar-refractivity contribution in [3.8, 4) is 0 Å². The molecule has 0 aromatic carbocycles. The molecule has 6 nitrogen and oxygen atoms in total. The van der Waals surface area contributed by atoms with Gasteiger partial charge in [0, 0.05) is 12.6 Å². The summed E-state index contributed by atoms with van der Waals surface area (Å²) in [7, 11) is -1.35. The zero-order valence-corrected chi connectivity index (χ0v) is 12.0. The molecule has 0 saturated carbocycles. The summed E-state index contributed by atoms with van der Waals surface area (Å²) in [5.74, 6) is 0. The van der Waals surface area contributed by atoms with Crippen LogP contribution in [0, 0.1) is 0 Å². The third kappa shape index (κ3) is 4.75. The van der Waals surface area contributed by atoms with Gasteiger partial charge in [0.1, 0.15) is 0 Å². The lowest BCUT2D eigenvalue weighted by atomic mass is 10.2. The quantitative estimate of drug-likeness (QED) is 0.688. The summed E-state index contributed by atoms with van der Waals surface area (Å²) in [6, 6.07) is 0.520. The fraction of sp³-hybridized carbons (Fsp3) is 0.727. The summed E-state index contributed by atoms with van der Waals surface area (Å²) in [6.45, 7) is 5.71. The minimum Gasteiger partial charge on any atom is -0.335 e. The molecular weight excluding hydrogens is 252 g/mol. The van der Waals surface area contributed by atoms with Crippen LogP contribution < -0.4 is 4.72 Å². The number of H-pyrrole nitrogens is 1. The van der Waals surface area contributed by atoms with Crippen LogP contribution in [0.3, 0.4) is 0 Å². The molecule has 1 aromatic rings. The SMILES string of the molecule is CC(C)N(C)CCCCNS(=O)(=O)c1cnc[nH]1. The number of nitrogens with zero attached hydrogens (tertiary/aromatic N) is 2. The minimum atomic E-state index is -3.42. The lowest BCUT2D eigenvalue weighted by molar-refractivity contribution is 0.268. The van der Waals surface area contributed by atoms with E-state index in [9.17, 15) is 8.42 Å². The largest absolute Gasteiger partial charge is 0.335 e. The molecule has 104 valence electrons. The van der Waals surface area contributed by atoms with Gasteiger partial charge < -0.3 is 9.88 Å². The Balaban J connectivity index is 2.23. The molecule has 0 aliphatic heterocycles. The van der Waals surface area contributed by atoms with Gasteiger partial charge in [-0.3, -0.25) is 0 Å². The van der Waals surface area contributed by atoms with Gasteiger partial charge in [0.25, 0.3) is 10.0 Å². The normalized spacial score (nSPS) is 12.5. The predicted octanol–water partition coefficient (Wildman–Crippen LogP) is 0.808. The van der Waals surface area contributed by atoms with Crippen LogP contribution in [0.15, 0.2) is 17.6 Å². The lowest BCUT2D eigenvalue weighted by Crippen LogP contribution is -2.29. The van der Waals surface area contributed by atoms with Crippen molar-refractivity contribution < 1.29 is 8.42 Å². The van der Waals surface area contributed by atoms with E-state index in [1.165, 1.54) is 12.5 Å². The Morgan fingerprint density at radius 1 is 1.44 bits per heavy atom. The summed E-state index contributed by atoms with van der Waals surface area (Å²) in [5.41, 5.74) is 0. The molecule has 0 aliphatic rings. The number of unbranched alkanes of at least 4 members (excludes halogenated alkanes) is 1. The maximum atomic E-state index is 11.7. The van der Waals surface area contributed by atoms with Crippen LogP contribution in [0.4, 0.5) is 0 Å². The Bertz CT molecular complexity index is 428. The van der Waals surface area contributed by atoms with Crippen LogP contribution in [0.2, 0.25) is 0 Å². The average Bonchev–Trinajstić information content (AvgIpc) is 2.82. The zero-order chi connectivity index (χ0) is 13.6. The van der Waals surface area contributed by atoms with E-state index in [4.69, 9.17) is 0 Å². The summed E-state index contributed by atoms with van der Waals surface area (Å²) >= 11 is 0. The molecule has 7 heteroatoms. The molecule has 0 amide bonds. The van der Waals surface area contributed by atoms with Crippen molar-refractivity contribution in [2.24, 2.45) is 0 Å². The Hall–Kier alpha value is -0.920. The summed E-state index contributed by atoms with van der Waals surface area (Å²) < 4.78 is 26.0. The van der Waals surface area contributed by atoms with Crippen molar-refractivity contribution in [2.45, 2.75) is 37.8 Å².